The molecule has 0 fully saturated rings. The molecule has 0 aliphatic rings. The molecule has 0 saturated heterocycles. The summed E-state index contributed by atoms with van der Waals surface area (Å²) in [5, 5.41) is 10.3. The molecule has 0 aliphatic carbocycles. The number of hydrogen-bond donors (Lipinski definition) is 1. The number of halogens is 2. The van der Waals surface area contributed by atoms with Crippen molar-refractivity contribution in [3.63, 3.8) is 0 Å². The Labute approximate surface area is 149 Å². The molecule has 0 spiro atoms. The van der Waals surface area contributed by atoms with E-state index in [0.717, 1.165) is 6.42 Å². The van der Waals surface area contributed by atoms with Gasteiger partial charge in [0.15, 0.2) is 0 Å². The summed E-state index contributed by atoms with van der Waals surface area (Å²) in [6.07, 6.45) is 0.827. The third-order valence-corrected chi connectivity index (χ3v) is 4.31. The van der Waals surface area contributed by atoms with Crippen LogP contribution >= 0.6 is 0 Å². The summed E-state index contributed by atoms with van der Waals surface area (Å²) in [4.78, 5) is 0. The van der Waals surface area contributed by atoms with Crippen LogP contribution in [0.2, 0.25) is 13.1 Å². The van der Waals surface area contributed by atoms with Gasteiger partial charge in [0.1, 0.15) is 0 Å². The van der Waals surface area contributed by atoms with Crippen LogP contribution in [-0.2, 0) is 32.6 Å². The Morgan fingerprint density at radius 1 is 1.16 bits per heavy atom. The first kappa shape index (κ1) is 24.4. The molecule has 0 amide bonds. The van der Waals surface area contributed by atoms with Crippen molar-refractivity contribution in [2.24, 2.45) is 0 Å². The summed E-state index contributed by atoms with van der Waals surface area (Å²) in [5.41, 5.74) is 1.36. The van der Waals surface area contributed by atoms with Gasteiger partial charge >= 0.3 is 26.2 Å². The molecule has 0 saturated carbocycles. The third kappa shape index (κ3) is 9.81. The van der Waals surface area contributed by atoms with Gasteiger partial charge in [0.25, 0.3) is 0 Å². The zero-order chi connectivity index (χ0) is 11.8. The topological polar surface area (TPSA) is 20.2 Å². The van der Waals surface area contributed by atoms with Gasteiger partial charge in [-0.25, -0.2) is 24.3 Å². The first-order valence-corrected chi connectivity index (χ1v) is 8.66. The molecule has 0 aliphatic heterocycles. The standard InChI is InChI=1S/C9H15OSi.C5H5.2ClH.Zr/c1-11(2)9-5-3-4-8(9)6-7-10;1-2-4-5-3-1;;;/h3-5,10-11H,6-7H2,1-2H3;1-5H;2*1H;/q2*-1;;;+4/p-2. The molecule has 0 bridgehead atoms. The molecule has 2 aromatic rings. The zero-order valence-corrected chi connectivity index (χ0v) is 16.4. The summed E-state index contributed by atoms with van der Waals surface area (Å²) in [7, 11) is -0.662. The molecule has 19 heavy (non-hydrogen) atoms. The normalized spacial score (nSPS) is 8.42. The Balaban J connectivity index is -0.000000277. The van der Waals surface area contributed by atoms with Crippen LogP contribution in [-0.4, -0.2) is 20.5 Å². The van der Waals surface area contributed by atoms with E-state index in [0.29, 0.717) is 0 Å². The molecule has 0 radical (unpaired) electrons. The smallest absolute Gasteiger partial charge is 1.00 e. The SMILES string of the molecule is C[SiH](C)[c-]1cccc1CCO.[Cl-].[Cl-].[Zr+4].c1cc[cH-]c1. The first-order valence-electron chi connectivity index (χ1n) is 5.77. The van der Waals surface area contributed by atoms with Crippen LogP contribution in [0.3, 0.4) is 0 Å². The summed E-state index contributed by atoms with van der Waals surface area (Å²) < 4.78 is 0. The van der Waals surface area contributed by atoms with E-state index in [9.17, 15) is 0 Å². The van der Waals surface area contributed by atoms with Gasteiger partial charge in [0.05, 0.1) is 0 Å². The molecule has 0 heterocycles. The molecule has 0 aromatic heterocycles. The minimum Gasteiger partial charge on any atom is -1.00 e. The number of hydrogen-bond acceptors (Lipinski definition) is 1. The van der Waals surface area contributed by atoms with Crippen molar-refractivity contribution in [2.45, 2.75) is 19.5 Å². The van der Waals surface area contributed by atoms with Crippen LogP contribution in [0, 0.1) is 0 Å². The fourth-order valence-corrected chi connectivity index (χ4v) is 3.18. The van der Waals surface area contributed by atoms with Crippen molar-refractivity contribution >= 4 is 14.0 Å². The zero-order valence-electron chi connectivity index (χ0n) is 11.3. The fourth-order valence-electron chi connectivity index (χ4n) is 1.70. The van der Waals surface area contributed by atoms with Crippen LogP contribution in [0.25, 0.3) is 0 Å². The van der Waals surface area contributed by atoms with Crippen LogP contribution < -0.4 is 30.0 Å². The van der Waals surface area contributed by atoms with Gasteiger partial charge in [-0.3, -0.25) is 0 Å². The number of aliphatic hydroxyl groups excluding tert-OH is 1. The third-order valence-electron chi connectivity index (χ3n) is 2.50. The minimum atomic E-state index is -0.662. The Morgan fingerprint density at radius 2 is 1.74 bits per heavy atom. The summed E-state index contributed by atoms with van der Waals surface area (Å²) in [6.45, 7) is 4.91. The van der Waals surface area contributed by atoms with Crippen LogP contribution in [0.15, 0.2) is 48.5 Å². The van der Waals surface area contributed by atoms with Crippen molar-refractivity contribution in [3.05, 3.63) is 54.1 Å². The van der Waals surface area contributed by atoms with E-state index in [1.54, 1.807) is 0 Å². The van der Waals surface area contributed by atoms with E-state index in [1.807, 2.05) is 30.3 Å². The summed E-state index contributed by atoms with van der Waals surface area (Å²) in [5.74, 6) is 0. The molecule has 0 atom stereocenters. The molecule has 5 heteroatoms. The average molecular weight is 395 g/mol. The summed E-state index contributed by atoms with van der Waals surface area (Å²) >= 11 is 0. The summed E-state index contributed by atoms with van der Waals surface area (Å²) in [6, 6.07) is 16.4. The van der Waals surface area contributed by atoms with Gasteiger partial charge in [-0.1, -0.05) is 13.1 Å². The van der Waals surface area contributed by atoms with Crippen molar-refractivity contribution in [1.29, 1.82) is 0 Å². The van der Waals surface area contributed by atoms with E-state index < -0.39 is 8.80 Å². The maximum Gasteiger partial charge on any atom is 4.00 e. The van der Waals surface area contributed by atoms with Gasteiger partial charge < -0.3 is 29.9 Å². The second kappa shape index (κ2) is 14.7. The van der Waals surface area contributed by atoms with E-state index >= 15 is 0 Å². The van der Waals surface area contributed by atoms with Gasteiger partial charge in [-0.05, 0) is 6.42 Å². The fraction of sp³-hybridized carbons (Fsp3) is 0.286. The van der Waals surface area contributed by atoms with Crippen LogP contribution in [0.5, 0.6) is 0 Å². The van der Waals surface area contributed by atoms with E-state index in [2.05, 4.69) is 31.3 Å². The van der Waals surface area contributed by atoms with Crippen molar-refractivity contribution < 1.29 is 56.1 Å². The molecule has 2 aromatic carbocycles. The Bertz CT molecular complexity index is 357. The maximum absolute atomic E-state index is 8.76. The molecule has 0 unspecified atom stereocenters. The van der Waals surface area contributed by atoms with Crippen LogP contribution in [0.4, 0.5) is 0 Å². The van der Waals surface area contributed by atoms with Crippen molar-refractivity contribution in [3.8, 4) is 0 Å². The monoisotopic (exact) mass is 392 g/mol. The molecule has 1 nitrogen and oxygen atoms in total. The first-order chi connectivity index (χ1) is 7.75. The average Bonchev–Trinajstić information content (AvgIpc) is 2.91. The predicted octanol–water partition coefficient (Wildman–Crippen LogP) is -3.95. The van der Waals surface area contributed by atoms with E-state index in [4.69, 9.17) is 5.11 Å². The molecule has 2 rings (SSSR count). The Hall–Kier alpha value is 0.340. The van der Waals surface area contributed by atoms with E-state index in [1.165, 1.54) is 10.8 Å². The number of rotatable bonds is 3. The molecular weight excluding hydrogens is 374 g/mol. The van der Waals surface area contributed by atoms with E-state index in [-0.39, 0.29) is 57.6 Å². The predicted molar refractivity (Wildman–Crippen MR) is 73.4 cm³/mol. The van der Waals surface area contributed by atoms with Crippen molar-refractivity contribution in [2.75, 3.05) is 6.61 Å². The Morgan fingerprint density at radius 3 is 2.11 bits per heavy atom. The van der Waals surface area contributed by atoms with Crippen molar-refractivity contribution in [1.82, 2.24) is 0 Å². The van der Waals surface area contributed by atoms with Crippen LogP contribution in [0.1, 0.15) is 5.56 Å². The second-order valence-corrected chi connectivity index (χ2v) is 7.03. The molecule has 1 N–H and O–H groups in total. The quantitative estimate of drug-likeness (QED) is 0.416. The Kier molecular flexibility index (Phi) is 18.9. The minimum absolute atomic E-state index is 0. The second-order valence-electron chi connectivity index (χ2n) is 4.10. The molecule has 104 valence electrons. The van der Waals surface area contributed by atoms with Gasteiger partial charge in [0.2, 0.25) is 0 Å². The molecular formula is C14H20Cl2OSiZr. The largest absolute Gasteiger partial charge is 4.00 e. The van der Waals surface area contributed by atoms with Gasteiger partial charge in [-0.2, -0.15) is 35.0 Å². The van der Waals surface area contributed by atoms with Gasteiger partial charge in [-0.15, -0.1) is 0 Å². The van der Waals surface area contributed by atoms with Gasteiger partial charge in [0, 0.05) is 15.4 Å². The maximum atomic E-state index is 8.76. The number of aliphatic hydroxyl groups is 1.